The van der Waals surface area contributed by atoms with E-state index in [2.05, 4.69) is 0 Å². The highest BCUT2D eigenvalue weighted by atomic mass is 32.2. The Kier molecular flexibility index (Phi) is 2.05. The summed E-state index contributed by atoms with van der Waals surface area (Å²) in [5.41, 5.74) is 0. The van der Waals surface area contributed by atoms with Crippen LogP contribution in [0, 0.1) is 0 Å². The van der Waals surface area contributed by atoms with Crippen molar-refractivity contribution >= 4 is 16.1 Å². The minimum atomic E-state index is -3.18. The Bertz CT molecular complexity index is 247. The smallest absolute Gasteiger partial charge is 0.159 e. The van der Waals surface area contributed by atoms with E-state index in [1.54, 1.807) is 0 Å². The number of rotatable bonds is 2. The van der Waals surface area contributed by atoms with E-state index in [0.717, 1.165) is 19.1 Å². The molecule has 0 heterocycles. The van der Waals surface area contributed by atoms with Crippen LogP contribution in [0.3, 0.4) is 0 Å². The normalized spacial score (nSPS) is 23.4. The average molecular weight is 176 g/mol. The highest BCUT2D eigenvalue weighted by Crippen LogP contribution is 2.34. The zero-order valence-electron chi connectivity index (χ0n) is 6.54. The second kappa shape index (κ2) is 2.59. The topological polar surface area (TPSA) is 51.2 Å². The summed E-state index contributed by atoms with van der Waals surface area (Å²) in [5, 5.41) is 0. The zero-order chi connectivity index (χ0) is 8.54. The summed E-state index contributed by atoms with van der Waals surface area (Å²) < 4.78 is 21.3. The Morgan fingerprint density at radius 2 is 1.73 bits per heavy atom. The van der Waals surface area contributed by atoms with Gasteiger partial charge in [-0.1, -0.05) is 12.8 Å². The van der Waals surface area contributed by atoms with Crippen LogP contribution in [0.5, 0.6) is 0 Å². The molecule has 0 aromatic heterocycles. The Morgan fingerprint density at radius 3 is 1.91 bits per heavy atom. The molecule has 1 rings (SSSR count). The lowest BCUT2D eigenvalue weighted by Gasteiger charge is -2.18. The van der Waals surface area contributed by atoms with Crippen molar-refractivity contribution in [1.29, 1.82) is 0 Å². The Labute approximate surface area is 66.7 Å². The van der Waals surface area contributed by atoms with Gasteiger partial charge in [0.05, 0.1) is 0 Å². The Morgan fingerprint density at radius 1 is 1.27 bits per heavy atom. The van der Waals surface area contributed by atoms with E-state index in [9.17, 15) is 13.2 Å². The molecule has 0 atom stereocenters. The summed E-state index contributed by atoms with van der Waals surface area (Å²) in [6.07, 6.45) is 4.48. The molecule has 1 aliphatic rings. The van der Waals surface area contributed by atoms with Crippen molar-refractivity contribution in [1.82, 2.24) is 0 Å². The van der Waals surface area contributed by atoms with Crippen molar-refractivity contribution in [2.75, 3.05) is 6.26 Å². The lowest BCUT2D eigenvalue weighted by atomic mass is 10.1. The second-order valence-electron chi connectivity index (χ2n) is 3.16. The van der Waals surface area contributed by atoms with Gasteiger partial charge in [0, 0.05) is 6.26 Å². The predicted octanol–water partition coefficient (Wildman–Crippen LogP) is 0.543. The third-order valence-corrected chi connectivity index (χ3v) is 4.38. The van der Waals surface area contributed by atoms with Gasteiger partial charge in [0.15, 0.2) is 9.84 Å². The minimum absolute atomic E-state index is 0.509. The van der Waals surface area contributed by atoms with E-state index in [4.69, 9.17) is 0 Å². The third-order valence-electron chi connectivity index (χ3n) is 2.40. The lowest BCUT2D eigenvalue weighted by molar-refractivity contribution is -0.109. The molecule has 0 saturated heterocycles. The van der Waals surface area contributed by atoms with E-state index in [1.165, 1.54) is 0 Å². The Balaban J connectivity index is 3.02. The number of hydrogen-bond donors (Lipinski definition) is 0. The molecule has 0 radical (unpaired) electrons. The molecule has 0 bridgehead atoms. The monoisotopic (exact) mass is 176 g/mol. The molecule has 11 heavy (non-hydrogen) atoms. The third kappa shape index (κ3) is 1.31. The lowest BCUT2D eigenvalue weighted by Crippen LogP contribution is -2.36. The number of carbonyl (C=O) groups is 1. The van der Waals surface area contributed by atoms with Gasteiger partial charge >= 0.3 is 0 Å². The van der Waals surface area contributed by atoms with Crippen molar-refractivity contribution < 1.29 is 13.2 Å². The van der Waals surface area contributed by atoms with Gasteiger partial charge in [-0.3, -0.25) is 0 Å². The molecule has 1 fully saturated rings. The number of carbonyl (C=O) groups excluding carboxylic acids is 1. The van der Waals surface area contributed by atoms with Gasteiger partial charge in [-0.05, 0) is 12.8 Å². The average Bonchev–Trinajstić information content (AvgIpc) is 2.33. The second-order valence-corrected chi connectivity index (χ2v) is 5.52. The van der Waals surface area contributed by atoms with Crippen molar-refractivity contribution in [2.45, 2.75) is 30.4 Å². The Hall–Kier alpha value is -0.380. The largest absolute Gasteiger partial charge is 0.302 e. The molecule has 1 aliphatic carbocycles. The summed E-state index contributed by atoms with van der Waals surface area (Å²) in [6, 6.07) is 0. The molecule has 1 saturated carbocycles. The van der Waals surface area contributed by atoms with Crippen molar-refractivity contribution in [3.05, 3.63) is 0 Å². The molecule has 0 aromatic rings. The molecular formula is C7H12O3S. The molecular weight excluding hydrogens is 164 g/mol. The van der Waals surface area contributed by atoms with Crippen LogP contribution in [-0.2, 0) is 14.6 Å². The molecule has 4 heteroatoms. The van der Waals surface area contributed by atoms with Crippen LogP contribution in [0.25, 0.3) is 0 Å². The standard InChI is InChI=1S/C7H12O3S/c1-11(9,10)7(6-8)4-2-3-5-7/h6H,2-5H2,1H3. The fourth-order valence-corrected chi connectivity index (χ4v) is 2.75. The molecule has 0 unspecified atom stereocenters. The summed E-state index contributed by atoms with van der Waals surface area (Å²) in [6.45, 7) is 0. The molecule has 0 aromatic carbocycles. The predicted molar refractivity (Wildman–Crippen MR) is 42.1 cm³/mol. The summed E-state index contributed by atoms with van der Waals surface area (Å²) in [5.74, 6) is 0. The van der Waals surface area contributed by atoms with Crippen LogP contribution in [0.15, 0.2) is 0 Å². The molecule has 3 nitrogen and oxygen atoms in total. The van der Waals surface area contributed by atoms with Crippen molar-refractivity contribution in [3.63, 3.8) is 0 Å². The first-order valence-corrected chi connectivity index (χ1v) is 5.57. The van der Waals surface area contributed by atoms with E-state index in [0.29, 0.717) is 19.1 Å². The summed E-state index contributed by atoms with van der Waals surface area (Å²) in [4.78, 5) is 10.6. The maximum atomic E-state index is 11.2. The first-order valence-electron chi connectivity index (χ1n) is 3.68. The van der Waals surface area contributed by atoms with Crippen LogP contribution >= 0.6 is 0 Å². The van der Waals surface area contributed by atoms with Crippen molar-refractivity contribution in [2.24, 2.45) is 0 Å². The van der Waals surface area contributed by atoms with Gasteiger partial charge in [-0.25, -0.2) is 8.42 Å². The van der Waals surface area contributed by atoms with E-state index in [1.807, 2.05) is 0 Å². The fraction of sp³-hybridized carbons (Fsp3) is 0.857. The number of sulfone groups is 1. The maximum Gasteiger partial charge on any atom is 0.159 e. The van der Waals surface area contributed by atoms with Crippen LogP contribution in [0.2, 0.25) is 0 Å². The molecule has 0 aliphatic heterocycles. The van der Waals surface area contributed by atoms with Gasteiger partial charge in [0.2, 0.25) is 0 Å². The SMILES string of the molecule is CS(=O)(=O)C1(C=O)CCCC1. The van der Waals surface area contributed by atoms with Crippen LogP contribution in [0.1, 0.15) is 25.7 Å². The number of hydrogen-bond acceptors (Lipinski definition) is 3. The molecule has 64 valence electrons. The van der Waals surface area contributed by atoms with E-state index >= 15 is 0 Å². The van der Waals surface area contributed by atoms with Crippen LogP contribution < -0.4 is 0 Å². The maximum absolute atomic E-state index is 11.2. The highest BCUT2D eigenvalue weighted by Gasteiger charge is 2.42. The van der Waals surface area contributed by atoms with Gasteiger partial charge in [0.1, 0.15) is 11.0 Å². The van der Waals surface area contributed by atoms with Gasteiger partial charge in [-0.2, -0.15) is 0 Å². The zero-order valence-corrected chi connectivity index (χ0v) is 7.36. The molecule has 0 N–H and O–H groups in total. The quantitative estimate of drug-likeness (QED) is 0.577. The first kappa shape index (κ1) is 8.71. The summed E-state index contributed by atoms with van der Waals surface area (Å²) >= 11 is 0. The minimum Gasteiger partial charge on any atom is -0.302 e. The highest BCUT2D eigenvalue weighted by molar-refractivity contribution is 7.92. The van der Waals surface area contributed by atoms with Gasteiger partial charge in [-0.15, -0.1) is 0 Å². The van der Waals surface area contributed by atoms with Crippen LogP contribution in [-0.4, -0.2) is 25.7 Å². The van der Waals surface area contributed by atoms with Crippen LogP contribution in [0.4, 0.5) is 0 Å². The van der Waals surface area contributed by atoms with E-state index in [-0.39, 0.29) is 0 Å². The van der Waals surface area contributed by atoms with E-state index < -0.39 is 14.6 Å². The van der Waals surface area contributed by atoms with Gasteiger partial charge < -0.3 is 4.79 Å². The first-order chi connectivity index (χ1) is 5.02. The molecule has 0 amide bonds. The molecule has 0 spiro atoms. The van der Waals surface area contributed by atoms with Gasteiger partial charge in [0.25, 0.3) is 0 Å². The number of aldehydes is 1. The fourth-order valence-electron chi connectivity index (χ4n) is 1.55. The summed E-state index contributed by atoms with van der Waals surface area (Å²) in [7, 11) is -3.18. The van der Waals surface area contributed by atoms with Crippen molar-refractivity contribution in [3.8, 4) is 0 Å².